The Morgan fingerprint density at radius 3 is 2.55 bits per heavy atom. The molecule has 0 spiro atoms. The lowest BCUT2D eigenvalue weighted by Gasteiger charge is -2.21. The number of aromatic nitrogens is 2. The molecule has 1 saturated heterocycles. The van der Waals surface area contributed by atoms with E-state index in [4.69, 9.17) is 4.74 Å². The van der Waals surface area contributed by atoms with Crippen molar-refractivity contribution in [3.63, 3.8) is 0 Å². The highest BCUT2D eigenvalue weighted by atomic mass is 19.1. The first-order valence-electron chi connectivity index (χ1n) is 6.28. The Hall–Kier alpha value is -1.95. The maximum atomic E-state index is 14.0. The maximum Gasteiger partial charge on any atom is 0.328 e. The van der Waals surface area contributed by atoms with E-state index in [0.717, 1.165) is 6.07 Å². The topological polar surface area (TPSA) is 39.5 Å². The van der Waals surface area contributed by atoms with Crippen molar-refractivity contribution in [1.82, 2.24) is 9.13 Å². The molecular weight excluding hydrogens is 266 g/mol. The van der Waals surface area contributed by atoms with Gasteiger partial charge in [-0.1, -0.05) is 6.07 Å². The summed E-state index contributed by atoms with van der Waals surface area (Å²) in [5.74, 6) is -1.29. The van der Waals surface area contributed by atoms with E-state index in [-0.39, 0.29) is 17.3 Å². The molecule has 0 aliphatic carbocycles. The second kappa shape index (κ2) is 4.28. The fourth-order valence-electron chi connectivity index (χ4n) is 2.53. The molecule has 0 saturated carbocycles. The zero-order valence-corrected chi connectivity index (χ0v) is 11.1. The van der Waals surface area contributed by atoms with E-state index in [1.807, 2.05) is 0 Å². The Kier molecular flexibility index (Phi) is 2.79. The minimum atomic E-state index is -0.900. The van der Waals surface area contributed by atoms with Crippen molar-refractivity contribution >= 4 is 0 Å². The molecule has 6 heteroatoms. The number of imidazole rings is 1. The van der Waals surface area contributed by atoms with E-state index in [0.29, 0.717) is 6.61 Å². The quantitative estimate of drug-likeness (QED) is 0.806. The largest absolute Gasteiger partial charge is 0.362 e. The van der Waals surface area contributed by atoms with Crippen molar-refractivity contribution in [3.8, 4) is 0 Å². The van der Waals surface area contributed by atoms with Gasteiger partial charge in [0.1, 0.15) is 17.2 Å². The van der Waals surface area contributed by atoms with Crippen molar-refractivity contribution in [2.75, 3.05) is 6.61 Å². The number of hydrogen-bond acceptors (Lipinski definition) is 2. The third-order valence-corrected chi connectivity index (χ3v) is 3.91. The number of hydrogen-bond donors (Lipinski definition) is 0. The molecule has 1 fully saturated rings. The van der Waals surface area contributed by atoms with Gasteiger partial charge in [0.2, 0.25) is 0 Å². The average molecular weight is 280 g/mol. The highest BCUT2D eigenvalue weighted by Crippen LogP contribution is 2.48. The molecule has 2 atom stereocenters. The lowest BCUT2D eigenvalue weighted by molar-refractivity contribution is 0.222. The Morgan fingerprint density at radius 1 is 1.35 bits per heavy atom. The van der Waals surface area contributed by atoms with Crippen LogP contribution in [0.2, 0.25) is 0 Å². The van der Waals surface area contributed by atoms with E-state index in [2.05, 4.69) is 0 Å². The Balaban J connectivity index is 2.04. The van der Waals surface area contributed by atoms with Gasteiger partial charge in [-0.2, -0.15) is 0 Å². The summed E-state index contributed by atoms with van der Waals surface area (Å²) in [6.07, 6.45) is 3.27. The number of nitrogens with zero attached hydrogens (tertiary/aromatic N) is 2. The molecule has 20 heavy (non-hydrogen) atoms. The van der Waals surface area contributed by atoms with Crippen molar-refractivity contribution in [1.29, 1.82) is 0 Å². The molecule has 1 aliphatic heterocycles. The van der Waals surface area contributed by atoms with Gasteiger partial charge in [0.25, 0.3) is 0 Å². The molecule has 4 nitrogen and oxygen atoms in total. The first kappa shape index (κ1) is 13.1. The van der Waals surface area contributed by atoms with Gasteiger partial charge in [0, 0.05) is 31.1 Å². The summed E-state index contributed by atoms with van der Waals surface area (Å²) >= 11 is 0. The van der Waals surface area contributed by atoms with Gasteiger partial charge in [-0.05, 0) is 13.0 Å². The van der Waals surface area contributed by atoms with E-state index in [1.165, 1.54) is 21.3 Å². The monoisotopic (exact) mass is 280 g/mol. The van der Waals surface area contributed by atoms with Gasteiger partial charge >= 0.3 is 5.69 Å². The van der Waals surface area contributed by atoms with E-state index >= 15 is 0 Å². The molecule has 0 unspecified atom stereocenters. The lowest BCUT2D eigenvalue weighted by atomic mass is 9.92. The summed E-state index contributed by atoms with van der Waals surface area (Å²) in [5.41, 5.74) is -0.819. The minimum absolute atomic E-state index is 0.199. The van der Waals surface area contributed by atoms with E-state index in [1.54, 1.807) is 26.4 Å². The van der Waals surface area contributed by atoms with Crippen LogP contribution in [0.1, 0.15) is 18.5 Å². The van der Waals surface area contributed by atoms with Gasteiger partial charge in [-0.25, -0.2) is 13.6 Å². The summed E-state index contributed by atoms with van der Waals surface area (Å²) < 4.78 is 35.3. The van der Waals surface area contributed by atoms with Crippen LogP contribution >= 0.6 is 0 Å². The van der Waals surface area contributed by atoms with Crippen LogP contribution in [0.25, 0.3) is 0 Å². The number of epoxide rings is 1. The predicted molar refractivity (Wildman–Crippen MR) is 68.4 cm³/mol. The van der Waals surface area contributed by atoms with Crippen molar-refractivity contribution in [2.45, 2.75) is 18.6 Å². The van der Waals surface area contributed by atoms with Crippen LogP contribution in [0.3, 0.4) is 0 Å². The Labute approximate surface area is 114 Å². The first-order chi connectivity index (χ1) is 9.45. The normalized spacial score (nSPS) is 22.8. The van der Waals surface area contributed by atoms with Crippen LogP contribution in [0.5, 0.6) is 0 Å². The summed E-state index contributed by atoms with van der Waals surface area (Å²) in [7, 11) is 1.64. The molecule has 0 N–H and O–H groups in total. The van der Waals surface area contributed by atoms with Crippen LogP contribution in [0.4, 0.5) is 8.78 Å². The zero-order valence-electron chi connectivity index (χ0n) is 11.1. The lowest BCUT2D eigenvalue weighted by Crippen LogP contribution is -2.32. The Bertz CT molecular complexity index is 716. The number of aryl methyl sites for hydroxylation is 1. The van der Waals surface area contributed by atoms with Crippen molar-refractivity contribution in [3.05, 3.63) is 58.3 Å². The standard InChI is InChI=1S/C14H14F2N2O2/c1-9(18-6-5-17(2)13(18)19)14(8-20-14)11-4-3-10(15)7-12(11)16/h3-7,9H,8H2,1-2H3/t9-,14+/m1/s1. The summed E-state index contributed by atoms with van der Waals surface area (Å²) in [4.78, 5) is 12.0. The zero-order chi connectivity index (χ0) is 14.5. The molecule has 106 valence electrons. The molecule has 0 amide bonds. The third-order valence-electron chi connectivity index (χ3n) is 3.91. The smallest absolute Gasteiger partial charge is 0.328 e. The van der Waals surface area contributed by atoms with Gasteiger partial charge in [-0.15, -0.1) is 0 Å². The SMILES string of the molecule is C[C@@H](n1ccn(C)c1=O)[C@]1(c2ccc(F)cc2F)CO1. The summed E-state index contributed by atoms with van der Waals surface area (Å²) in [5, 5.41) is 0. The number of benzene rings is 1. The summed E-state index contributed by atoms with van der Waals surface area (Å²) in [6, 6.07) is 3.03. The summed E-state index contributed by atoms with van der Waals surface area (Å²) in [6.45, 7) is 2.09. The maximum absolute atomic E-state index is 14.0. The van der Waals surface area contributed by atoms with Crippen LogP contribution in [0.15, 0.2) is 35.4 Å². The van der Waals surface area contributed by atoms with Crippen LogP contribution in [0, 0.1) is 11.6 Å². The third kappa shape index (κ3) is 1.79. The van der Waals surface area contributed by atoms with Crippen molar-refractivity contribution in [2.24, 2.45) is 7.05 Å². The van der Waals surface area contributed by atoms with Crippen LogP contribution in [-0.4, -0.2) is 15.7 Å². The molecule has 1 aliphatic rings. The van der Waals surface area contributed by atoms with Gasteiger partial charge in [0.05, 0.1) is 12.6 Å². The highest BCUT2D eigenvalue weighted by Gasteiger charge is 2.54. The number of rotatable bonds is 3. The molecule has 2 heterocycles. The van der Waals surface area contributed by atoms with E-state index in [9.17, 15) is 13.6 Å². The second-order valence-electron chi connectivity index (χ2n) is 5.08. The van der Waals surface area contributed by atoms with Crippen molar-refractivity contribution < 1.29 is 13.5 Å². The molecule has 1 aromatic heterocycles. The fraction of sp³-hybridized carbons (Fsp3) is 0.357. The molecule has 3 rings (SSSR count). The highest BCUT2D eigenvalue weighted by molar-refractivity contribution is 5.30. The molecule has 0 radical (unpaired) electrons. The van der Waals surface area contributed by atoms with Crippen LogP contribution in [-0.2, 0) is 17.4 Å². The molecule has 2 aromatic rings. The Morgan fingerprint density at radius 2 is 2.05 bits per heavy atom. The number of halogens is 2. The van der Waals surface area contributed by atoms with Gasteiger partial charge in [0.15, 0.2) is 0 Å². The molecular formula is C14H14F2N2O2. The van der Waals surface area contributed by atoms with E-state index < -0.39 is 17.2 Å². The second-order valence-corrected chi connectivity index (χ2v) is 5.08. The fourth-order valence-corrected chi connectivity index (χ4v) is 2.53. The molecule has 1 aromatic carbocycles. The van der Waals surface area contributed by atoms with Gasteiger partial charge in [-0.3, -0.25) is 4.57 Å². The molecule has 0 bridgehead atoms. The van der Waals surface area contributed by atoms with Crippen LogP contribution < -0.4 is 5.69 Å². The first-order valence-corrected chi connectivity index (χ1v) is 6.28. The number of ether oxygens (including phenoxy) is 1. The predicted octanol–water partition coefficient (Wildman–Crippen LogP) is 1.95. The van der Waals surface area contributed by atoms with Gasteiger partial charge < -0.3 is 9.30 Å². The average Bonchev–Trinajstić information content (AvgIpc) is 3.13. The minimum Gasteiger partial charge on any atom is -0.362 e.